The lowest BCUT2D eigenvalue weighted by molar-refractivity contribution is -0.120. The molecule has 0 bridgehead atoms. The van der Waals surface area contributed by atoms with E-state index in [1.165, 1.54) is 11.1 Å². The van der Waals surface area contributed by atoms with Gasteiger partial charge in [-0.05, 0) is 42.2 Å². The number of hydrogen-bond acceptors (Lipinski definition) is 4. The molecule has 27 heavy (non-hydrogen) atoms. The summed E-state index contributed by atoms with van der Waals surface area (Å²) in [6, 6.07) is 14.5. The topological polar surface area (TPSA) is 38.8 Å². The number of Topliss-reactive ketones (excluding diaryl/α,β-unsaturated/α-hetero) is 1. The largest absolute Gasteiger partial charge is 0.493 e. The van der Waals surface area contributed by atoms with E-state index in [0.29, 0.717) is 12.2 Å². The Morgan fingerprint density at radius 2 is 1.78 bits per heavy atom. The Balaban J connectivity index is 1.85. The van der Waals surface area contributed by atoms with Crippen LogP contribution in [0.4, 0.5) is 0 Å². The van der Waals surface area contributed by atoms with E-state index in [2.05, 4.69) is 29.2 Å². The van der Waals surface area contributed by atoms with Crippen LogP contribution in [-0.4, -0.2) is 31.4 Å². The number of hydrogen-bond donors (Lipinski definition) is 0. The van der Waals surface area contributed by atoms with Crippen LogP contribution in [0.5, 0.6) is 11.5 Å². The standard InChI is InChI=1S/C23H25NO3/c1-4-17-20(25)14-19(15-8-6-5-7-9-15)24-11-10-16-12-21(26-2)22(27-3)13-18(16)23(17)24/h4-9,12-13,19,23H,10-11,14H2,1-3H3/b17-4+. The van der Waals surface area contributed by atoms with Crippen LogP contribution in [-0.2, 0) is 11.2 Å². The zero-order valence-corrected chi connectivity index (χ0v) is 16.1. The van der Waals surface area contributed by atoms with Crippen molar-refractivity contribution in [2.75, 3.05) is 20.8 Å². The zero-order valence-electron chi connectivity index (χ0n) is 16.1. The highest BCUT2D eigenvalue weighted by atomic mass is 16.5. The summed E-state index contributed by atoms with van der Waals surface area (Å²) in [6.45, 7) is 2.88. The van der Waals surface area contributed by atoms with Crippen LogP contribution >= 0.6 is 0 Å². The molecule has 0 N–H and O–H groups in total. The van der Waals surface area contributed by atoms with Gasteiger partial charge in [0, 0.05) is 24.6 Å². The summed E-state index contributed by atoms with van der Waals surface area (Å²) >= 11 is 0. The Morgan fingerprint density at radius 3 is 2.44 bits per heavy atom. The average molecular weight is 363 g/mol. The summed E-state index contributed by atoms with van der Waals surface area (Å²) in [7, 11) is 3.31. The van der Waals surface area contributed by atoms with E-state index < -0.39 is 0 Å². The van der Waals surface area contributed by atoms with Gasteiger partial charge in [0.15, 0.2) is 17.3 Å². The Hall–Kier alpha value is -2.59. The van der Waals surface area contributed by atoms with Crippen molar-refractivity contribution in [3.05, 3.63) is 70.8 Å². The molecule has 140 valence electrons. The second-order valence-corrected chi connectivity index (χ2v) is 7.09. The highest BCUT2D eigenvalue weighted by Gasteiger charge is 2.42. The SMILES string of the molecule is C/C=C1\C(=O)CC(c2ccccc2)N2CCc3cc(OC)c(OC)cc3C12. The van der Waals surface area contributed by atoms with Crippen molar-refractivity contribution >= 4 is 5.78 Å². The number of nitrogens with zero attached hydrogens (tertiary/aromatic N) is 1. The number of benzene rings is 2. The molecule has 2 aliphatic heterocycles. The van der Waals surface area contributed by atoms with Gasteiger partial charge < -0.3 is 9.47 Å². The van der Waals surface area contributed by atoms with Crippen LogP contribution in [0.15, 0.2) is 54.1 Å². The second kappa shape index (κ2) is 7.20. The normalized spacial score (nSPS) is 23.7. The molecule has 0 radical (unpaired) electrons. The molecule has 4 nitrogen and oxygen atoms in total. The molecule has 2 unspecified atom stereocenters. The first-order valence-electron chi connectivity index (χ1n) is 9.42. The predicted octanol–water partition coefficient (Wildman–Crippen LogP) is 4.26. The molecular formula is C23H25NO3. The Bertz CT molecular complexity index is 888. The third-order valence-corrected chi connectivity index (χ3v) is 5.80. The van der Waals surface area contributed by atoms with Crippen molar-refractivity contribution in [1.82, 2.24) is 4.90 Å². The van der Waals surface area contributed by atoms with E-state index in [1.54, 1.807) is 14.2 Å². The highest BCUT2D eigenvalue weighted by molar-refractivity contribution is 5.98. The van der Waals surface area contributed by atoms with Crippen molar-refractivity contribution in [3.8, 4) is 11.5 Å². The van der Waals surface area contributed by atoms with Crippen LogP contribution < -0.4 is 9.47 Å². The van der Waals surface area contributed by atoms with Crippen LogP contribution in [0.25, 0.3) is 0 Å². The Labute approximate surface area is 160 Å². The van der Waals surface area contributed by atoms with Gasteiger partial charge >= 0.3 is 0 Å². The maximum Gasteiger partial charge on any atom is 0.162 e. The molecule has 1 fully saturated rings. The lowest BCUT2D eigenvalue weighted by atomic mass is 9.78. The van der Waals surface area contributed by atoms with Gasteiger partial charge in [-0.1, -0.05) is 36.4 Å². The first-order chi connectivity index (χ1) is 13.2. The van der Waals surface area contributed by atoms with Crippen molar-refractivity contribution in [2.24, 2.45) is 0 Å². The van der Waals surface area contributed by atoms with Gasteiger partial charge in [-0.25, -0.2) is 0 Å². The van der Waals surface area contributed by atoms with Gasteiger partial charge in [-0.3, -0.25) is 9.69 Å². The summed E-state index contributed by atoms with van der Waals surface area (Å²) in [5.41, 5.74) is 4.47. The second-order valence-electron chi connectivity index (χ2n) is 7.09. The van der Waals surface area contributed by atoms with Crippen LogP contribution in [0.2, 0.25) is 0 Å². The third kappa shape index (κ3) is 2.94. The van der Waals surface area contributed by atoms with Crippen molar-refractivity contribution in [3.63, 3.8) is 0 Å². The third-order valence-electron chi connectivity index (χ3n) is 5.80. The molecule has 1 saturated heterocycles. The molecule has 0 amide bonds. The molecular weight excluding hydrogens is 338 g/mol. The van der Waals surface area contributed by atoms with Crippen molar-refractivity contribution < 1.29 is 14.3 Å². The van der Waals surface area contributed by atoms with Gasteiger partial charge in [0.2, 0.25) is 0 Å². The van der Waals surface area contributed by atoms with Crippen LogP contribution in [0.3, 0.4) is 0 Å². The number of carbonyl (C=O) groups excluding carboxylic acids is 1. The maximum atomic E-state index is 13.0. The number of rotatable bonds is 3. The molecule has 0 aromatic heterocycles. The van der Waals surface area contributed by atoms with E-state index >= 15 is 0 Å². The Kier molecular flexibility index (Phi) is 4.75. The summed E-state index contributed by atoms with van der Waals surface area (Å²) in [5.74, 6) is 1.69. The first-order valence-corrected chi connectivity index (χ1v) is 9.42. The van der Waals surface area contributed by atoms with Crippen LogP contribution in [0, 0.1) is 0 Å². The molecule has 0 aliphatic carbocycles. The monoisotopic (exact) mass is 363 g/mol. The zero-order chi connectivity index (χ0) is 19.0. The fraction of sp³-hybridized carbons (Fsp3) is 0.348. The predicted molar refractivity (Wildman–Crippen MR) is 105 cm³/mol. The van der Waals surface area contributed by atoms with Crippen LogP contribution in [0.1, 0.15) is 42.1 Å². The number of methoxy groups -OCH3 is 2. The Morgan fingerprint density at radius 1 is 1.07 bits per heavy atom. The van der Waals surface area contributed by atoms with Crippen molar-refractivity contribution in [1.29, 1.82) is 0 Å². The fourth-order valence-electron chi connectivity index (χ4n) is 4.51. The van der Waals surface area contributed by atoms with Gasteiger partial charge in [-0.15, -0.1) is 0 Å². The minimum Gasteiger partial charge on any atom is -0.493 e. The average Bonchev–Trinajstić information content (AvgIpc) is 2.72. The lowest BCUT2D eigenvalue weighted by Gasteiger charge is -2.46. The minimum absolute atomic E-state index is 0.0370. The van der Waals surface area contributed by atoms with E-state index in [1.807, 2.05) is 31.2 Å². The smallest absolute Gasteiger partial charge is 0.162 e. The molecule has 2 aliphatic rings. The molecule has 2 aromatic rings. The quantitative estimate of drug-likeness (QED) is 0.764. The van der Waals surface area contributed by atoms with Gasteiger partial charge in [-0.2, -0.15) is 0 Å². The van der Waals surface area contributed by atoms with E-state index in [4.69, 9.17) is 9.47 Å². The summed E-state index contributed by atoms with van der Waals surface area (Å²) in [4.78, 5) is 15.5. The van der Waals surface area contributed by atoms with Gasteiger partial charge in [0.05, 0.1) is 20.3 Å². The summed E-state index contributed by atoms with van der Waals surface area (Å²) in [5, 5.41) is 0. The van der Waals surface area contributed by atoms with Gasteiger partial charge in [0.1, 0.15) is 0 Å². The molecule has 0 saturated carbocycles. The number of ether oxygens (including phenoxy) is 2. The van der Waals surface area contributed by atoms with E-state index in [9.17, 15) is 4.79 Å². The summed E-state index contributed by atoms with van der Waals surface area (Å²) < 4.78 is 11.0. The van der Waals surface area contributed by atoms with E-state index in [-0.39, 0.29) is 17.9 Å². The number of piperidine rings is 1. The molecule has 2 atom stereocenters. The number of carbonyl (C=O) groups is 1. The van der Waals surface area contributed by atoms with E-state index in [0.717, 1.165) is 29.9 Å². The minimum atomic E-state index is -0.0370. The maximum absolute atomic E-state index is 13.0. The highest BCUT2D eigenvalue weighted by Crippen LogP contribution is 2.48. The molecule has 4 rings (SSSR count). The van der Waals surface area contributed by atoms with Gasteiger partial charge in [0.25, 0.3) is 0 Å². The lowest BCUT2D eigenvalue weighted by Crippen LogP contribution is -2.45. The van der Waals surface area contributed by atoms with Crippen molar-refractivity contribution in [2.45, 2.75) is 31.8 Å². The molecule has 0 spiro atoms. The number of ketones is 1. The fourth-order valence-corrected chi connectivity index (χ4v) is 4.51. The molecule has 2 aromatic carbocycles. The molecule has 2 heterocycles. The number of fused-ring (bicyclic) bond motifs is 3. The summed E-state index contributed by atoms with van der Waals surface area (Å²) in [6.07, 6.45) is 3.44. The number of allylic oxidation sites excluding steroid dienone is 1. The molecule has 4 heteroatoms. The first kappa shape index (κ1) is 17.8.